The monoisotopic (exact) mass is 327 g/mol. The van der Waals surface area contributed by atoms with Crippen LogP contribution in [0.4, 0.5) is 5.82 Å². The van der Waals surface area contributed by atoms with Crippen LogP contribution in [0.5, 0.6) is 0 Å². The molecule has 24 heavy (non-hydrogen) atoms. The van der Waals surface area contributed by atoms with Crippen molar-refractivity contribution < 1.29 is 4.79 Å². The SMILES string of the molecule is Cc1[nH]c(=O)c(C#N)c(C)c1CCC(=O)Nc1ccnn1C(C)C. The molecule has 0 aliphatic rings. The number of hydrogen-bond donors (Lipinski definition) is 2. The third-order valence-corrected chi connectivity index (χ3v) is 3.95. The number of anilines is 1. The lowest BCUT2D eigenvalue weighted by Crippen LogP contribution is -2.19. The van der Waals surface area contributed by atoms with Crippen molar-refractivity contribution in [1.29, 1.82) is 5.26 Å². The van der Waals surface area contributed by atoms with E-state index in [4.69, 9.17) is 5.26 Å². The summed E-state index contributed by atoms with van der Waals surface area (Å²) in [4.78, 5) is 26.6. The van der Waals surface area contributed by atoms with E-state index in [-0.39, 0.29) is 29.5 Å². The molecule has 2 aromatic heterocycles. The first-order valence-corrected chi connectivity index (χ1v) is 7.81. The van der Waals surface area contributed by atoms with Gasteiger partial charge in [0.15, 0.2) is 0 Å². The molecule has 0 aliphatic heterocycles. The number of carbonyl (C=O) groups is 1. The van der Waals surface area contributed by atoms with Crippen LogP contribution in [-0.2, 0) is 11.2 Å². The third-order valence-electron chi connectivity index (χ3n) is 3.95. The molecule has 0 saturated carbocycles. The van der Waals surface area contributed by atoms with Crippen LogP contribution in [0.25, 0.3) is 0 Å². The number of aromatic amines is 1. The van der Waals surface area contributed by atoms with Crippen molar-refractivity contribution >= 4 is 11.7 Å². The summed E-state index contributed by atoms with van der Waals surface area (Å²) in [5, 5.41) is 16.1. The Kier molecular flexibility index (Phi) is 5.19. The molecular formula is C17H21N5O2. The lowest BCUT2D eigenvalue weighted by Gasteiger charge is -2.13. The number of nitrogens with one attached hydrogen (secondary N) is 2. The van der Waals surface area contributed by atoms with Crippen LogP contribution in [0, 0.1) is 25.2 Å². The van der Waals surface area contributed by atoms with E-state index in [1.807, 2.05) is 19.9 Å². The molecule has 0 aromatic carbocycles. The molecule has 0 fully saturated rings. The molecule has 0 atom stereocenters. The summed E-state index contributed by atoms with van der Waals surface area (Å²) in [6.45, 7) is 7.48. The maximum absolute atomic E-state index is 12.2. The van der Waals surface area contributed by atoms with Crippen molar-refractivity contribution in [3.05, 3.63) is 45.0 Å². The number of rotatable bonds is 5. The van der Waals surface area contributed by atoms with Crippen molar-refractivity contribution in [2.45, 2.75) is 46.6 Å². The highest BCUT2D eigenvalue weighted by Crippen LogP contribution is 2.17. The number of H-pyrrole nitrogens is 1. The first-order valence-electron chi connectivity index (χ1n) is 7.81. The molecule has 2 rings (SSSR count). The molecule has 126 valence electrons. The van der Waals surface area contributed by atoms with Gasteiger partial charge in [-0.3, -0.25) is 9.59 Å². The van der Waals surface area contributed by atoms with Gasteiger partial charge in [-0.15, -0.1) is 0 Å². The summed E-state index contributed by atoms with van der Waals surface area (Å²) >= 11 is 0. The van der Waals surface area contributed by atoms with Gasteiger partial charge in [-0.1, -0.05) is 0 Å². The second-order valence-corrected chi connectivity index (χ2v) is 5.97. The molecular weight excluding hydrogens is 306 g/mol. The highest BCUT2D eigenvalue weighted by molar-refractivity contribution is 5.90. The molecule has 0 saturated heterocycles. The van der Waals surface area contributed by atoms with Gasteiger partial charge < -0.3 is 10.3 Å². The van der Waals surface area contributed by atoms with Gasteiger partial charge in [-0.05, 0) is 45.2 Å². The average molecular weight is 327 g/mol. The molecule has 2 aromatic rings. The Morgan fingerprint density at radius 1 is 1.46 bits per heavy atom. The maximum Gasteiger partial charge on any atom is 0.266 e. The summed E-state index contributed by atoms with van der Waals surface area (Å²) < 4.78 is 1.74. The summed E-state index contributed by atoms with van der Waals surface area (Å²) in [5.41, 5.74) is 1.88. The van der Waals surface area contributed by atoms with Gasteiger partial charge in [0.2, 0.25) is 5.91 Å². The molecule has 0 unspecified atom stereocenters. The second kappa shape index (κ2) is 7.13. The predicted molar refractivity (Wildman–Crippen MR) is 90.8 cm³/mol. The van der Waals surface area contributed by atoms with E-state index in [0.29, 0.717) is 23.5 Å². The van der Waals surface area contributed by atoms with Gasteiger partial charge in [-0.2, -0.15) is 10.4 Å². The average Bonchev–Trinajstić information content (AvgIpc) is 2.95. The van der Waals surface area contributed by atoms with Crippen molar-refractivity contribution in [1.82, 2.24) is 14.8 Å². The molecule has 7 heteroatoms. The van der Waals surface area contributed by atoms with Gasteiger partial charge in [0, 0.05) is 24.2 Å². The number of nitriles is 1. The molecule has 0 spiro atoms. The van der Waals surface area contributed by atoms with Crippen LogP contribution in [-0.4, -0.2) is 20.7 Å². The largest absolute Gasteiger partial charge is 0.325 e. The highest BCUT2D eigenvalue weighted by Gasteiger charge is 2.14. The van der Waals surface area contributed by atoms with Crippen molar-refractivity contribution in [2.24, 2.45) is 0 Å². The summed E-state index contributed by atoms with van der Waals surface area (Å²) in [6.07, 6.45) is 2.34. The highest BCUT2D eigenvalue weighted by atomic mass is 16.1. The molecule has 2 heterocycles. The van der Waals surface area contributed by atoms with E-state index < -0.39 is 0 Å². The topological polar surface area (TPSA) is 104 Å². The maximum atomic E-state index is 12.2. The summed E-state index contributed by atoms with van der Waals surface area (Å²) in [7, 11) is 0. The van der Waals surface area contributed by atoms with E-state index in [2.05, 4.69) is 15.4 Å². The minimum Gasteiger partial charge on any atom is -0.325 e. The molecule has 0 bridgehead atoms. The van der Waals surface area contributed by atoms with Crippen molar-refractivity contribution in [3.63, 3.8) is 0 Å². The fraction of sp³-hybridized carbons (Fsp3) is 0.412. The first kappa shape index (κ1) is 17.5. The minimum atomic E-state index is -0.387. The number of aromatic nitrogens is 3. The zero-order valence-electron chi connectivity index (χ0n) is 14.3. The van der Waals surface area contributed by atoms with E-state index in [1.165, 1.54) is 0 Å². The molecule has 7 nitrogen and oxygen atoms in total. The molecule has 0 aliphatic carbocycles. The molecule has 0 radical (unpaired) electrons. The van der Waals surface area contributed by atoms with Crippen LogP contribution in [0.3, 0.4) is 0 Å². The number of pyridine rings is 1. The quantitative estimate of drug-likeness (QED) is 0.878. The Hall–Kier alpha value is -2.88. The number of nitrogens with zero attached hydrogens (tertiary/aromatic N) is 3. The van der Waals surface area contributed by atoms with Crippen LogP contribution in [0.15, 0.2) is 17.1 Å². The lowest BCUT2D eigenvalue weighted by molar-refractivity contribution is -0.116. The summed E-state index contributed by atoms with van der Waals surface area (Å²) in [6, 6.07) is 3.82. The van der Waals surface area contributed by atoms with Crippen LogP contribution in [0.1, 0.15) is 48.7 Å². The molecule has 2 N–H and O–H groups in total. The number of hydrogen-bond acceptors (Lipinski definition) is 4. The van der Waals surface area contributed by atoms with Crippen LogP contribution in [0.2, 0.25) is 0 Å². The zero-order chi connectivity index (χ0) is 17.9. The first-order chi connectivity index (χ1) is 11.3. The van der Waals surface area contributed by atoms with E-state index >= 15 is 0 Å². The fourth-order valence-corrected chi connectivity index (χ4v) is 2.69. The summed E-state index contributed by atoms with van der Waals surface area (Å²) in [5.74, 6) is 0.517. The lowest BCUT2D eigenvalue weighted by atomic mass is 9.99. The smallest absolute Gasteiger partial charge is 0.266 e. The van der Waals surface area contributed by atoms with Gasteiger partial charge in [0.1, 0.15) is 17.5 Å². The van der Waals surface area contributed by atoms with E-state index in [0.717, 1.165) is 5.56 Å². The Morgan fingerprint density at radius 3 is 2.79 bits per heavy atom. The standard InChI is InChI=1S/C17H21N5O2/c1-10(2)22-15(7-8-19-22)21-16(23)6-5-13-11(3)14(9-18)17(24)20-12(13)4/h7-8,10H,5-6H2,1-4H3,(H,20,24)(H,21,23). The van der Waals surface area contributed by atoms with Crippen LogP contribution >= 0.6 is 0 Å². The van der Waals surface area contributed by atoms with Gasteiger partial charge in [0.05, 0.1) is 6.20 Å². The van der Waals surface area contributed by atoms with Crippen molar-refractivity contribution in [2.75, 3.05) is 5.32 Å². The van der Waals surface area contributed by atoms with Gasteiger partial charge >= 0.3 is 0 Å². The Bertz CT molecular complexity index is 855. The zero-order valence-corrected chi connectivity index (χ0v) is 14.3. The van der Waals surface area contributed by atoms with Gasteiger partial charge in [0.25, 0.3) is 5.56 Å². The Labute approximate surface area is 140 Å². The van der Waals surface area contributed by atoms with Crippen LogP contribution < -0.4 is 10.9 Å². The second-order valence-electron chi connectivity index (χ2n) is 5.97. The van der Waals surface area contributed by atoms with E-state index in [9.17, 15) is 9.59 Å². The molecule has 1 amide bonds. The Balaban J connectivity index is 2.11. The number of aryl methyl sites for hydroxylation is 1. The number of amides is 1. The normalized spacial score (nSPS) is 10.7. The third kappa shape index (κ3) is 3.54. The minimum absolute atomic E-state index is 0.105. The number of carbonyl (C=O) groups excluding carboxylic acids is 1. The Morgan fingerprint density at radius 2 is 2.17 bits per heavy atom. The van der Waals surface area contributed by atoms with Gasteiger partial charge in [-0.25, -0.2) is 4.68 Å². The fourth-order valence-electron chi connectivity index (χ4n) is 2.69. The van der Waals surface area contributed by atoms with Crippen molar-refractivity contribution in [3.8, 4) is 6.07 Å². The predicted octanol–water partition coefficient (Wildman–Crippen LogP) is 2.21. The van der Waals surface area contributed by atoms with E-state index in [1.54, 1.807) is 30.8 Å².